The minimum Gasteiger partial charge on any atom is -0.379 e. The van der Waals surface area contributed by atoms with E-state index in [9.17, 15) is 13.2 Å². The lowest BCUT2D eigenvalue weighted by molar-refractivity contribution is -0.118. The van der Waals surface area contributed by atoms with Crippen LogP contribution >= 0.6 is 0 Å². The second-order valence-electron chi connectivity index (χ2n) is 9.55. The lowest BCUT2D eigenvalue weighted by atomic mass is 10.2. The Bertz CT molecular complexity index is 1610. The zero-order valence-electron chi connectivity index (χ0n) is 21.8. The predicted molar refractivity (Wildman–Crippen MR) is 151 cm³/mol. The number of fused-ring (bicyclic) bond motifs is 1. The number of morpholine rings is 1. The van der Waals surface area contributed by atoms with E-state index < -0.39 is 15.1 Å². The minimum absolute atomic E-state index is 0.0519. The molecule has 0 spiro atoms. The number of amides is 1. The number of benzene rings is 2. The van der Waals surface area contributed by atoms with Crippen molar-refractivity contribution >= 4 is 49.9 Å². The van der Waals surface area contributed by atoms with E-state index in [-0.39, 0.29) is 16.8 Å². The van der Waals surface area contributed by atoms with E-state index in [0.29, 0.717) is 48.0 Å². The van der Waals surface area contributed by atoms with Gasteiger partial charge in [0.2, 0.25) is 11.9 Å². The smallest absolute Gasteiger partial charge is 0.238 e. The first-order valence-corrected chi connectivity index (χ1v) is 14.2. The molecule has 204 valence electrons. The van der Waals surface area contributed by atoms with Crippen molar-refractivity contribution in [3.63, 3.8) is 0 Å². The second-order valence-corrected chi connectivity index (χ2v) is 12.0. The van der Waals surface area contributed by atoms with E-state index in [0.717, 1.165) is 18.8 Å². The van der Waals surface area contributed by atoms with Gasteiger partial charge in [-0.25, -0.2) is 13.4 Å². The highest BCUT2D eigenvalue weighted by Gasteiger charge is 2.24. The molecule has 1 amide bonds. The van der Waals surface area contributed by atoms with Crippen LogP contribution in [0.4, 0.5) is 23.1 Å². The molecule has 0 bridgehead atoms. The van der Waals surface area contributed by atoms with Gasteiger partial charge < -0.3 is 25.7 Å². The van der Waals surface area contributed by atoms with E-state index in [2.05, 4.69) is 25.5 Å². The Labute approximate surface area is 226 Å². The Morgan fingerprint density at radius 1 is 1.08 bits per heavy atom. The number of sulfone groups is 1. The Hall–Kier alpha value is -4.00. The van der Waals surface area contributed by atoms with E-state index in [1.165, 1.54) is 0 Å². The molecular weight excluding hydrogens is 518 g/mol. The number of nitrogen functional groups attached to an aromatic ring is 1. The molecule has 12 heteroatoms. The van der Waals surface area contributed by atoms with Crippen LogP contribution in [-0.4, -0.2) is 71.9 Å². The highest BCUT2D eigenvalue weighted by Crippen LogP contribution is 2.32. The molecular formula is C27H31N7O4S. The Morgan fingerprint density at radius 2 is 1.85 bits per heavy atom. The standard InChI is InChI=1S/C27H31N7O4S/c1-18(2)39(36,37)23-9-4-3-8-21(23)30-26-25-22(31-27(28)32-26)10-11-34(25)20-7-5-6-19(16-20)29-24(35)17-33-12-14-38-15-13-33/h3-11,16,18H,12-15,17H2,1-2H3,(H,29,35)(H3,28,30,31,32). The summed E-state index contributed by atoms with van der Waals surface area (Å²) < 4.78 is 33.3. The Kier molecular flexibility index (Phi) is 7.51. The van der Waals surface area contributed by atoms with Crippen LogP contribution in [0.1, 0.15) is 13.8 Å². The summed E-state index contributed by atoms with van der Waals surface area (Å²) >= 11 is 0. The molecule has 39 heavy (non-hydrogen) atoms. The van der Waals surface area contributed by atoms with Crippen molar-refractivity contribution in [2.24, 2.45) is 0 Å². The summed E-state index contributed by atoms with van der Waals surface area (Å²) in [7, 11) is -3.56. The molecule has 3 heterocycles. The fourth-order valence-corrected chi connectivity index (χ4v) is 5.66. The highest BCUT2D eigenvalue weighted by atomic mass is 32.2. The monoisotopic (exact) mass is 549 g/mol. The van der Waals surface area contributed by atoms with Crippen molar-refractivity contribution < 1.29 is 17.9 Å². The zero-order valence-corrected chi connectivity index (χ0v) is 22.6. The maximum Gasteiger partial charge on any atom is 0.238 e. The maximum absolute atomic E-state index is 13.0. The first-order chi connectivity index (χ1) is 18.7. The summed E-state index contributed by atoms with van der Waals surface area (Å²) in [6.45, 7) is 6.28. The van der Waals surface area contributed by atoms with Gasteiger partial charge in [0.1, 0.15) is 5.52 Å². The van der Waals surface area contributed by atoms with Gasteiger partial charge in [-0.2, -0.15) is 4.98 Å². The van der Waals surface area contributed by atoms with Crippen LogP contribution < -0.4 is 16.4 Å². The maximum atomic E-state index is 13.0. The molecule has 0 saturated carbocycles. The topological polar surface area (TPSA) is 144 Å². The molecule has 1 fully saturated rings. The number of hydrogen-bond donors (Lipinski definition) is 3. The molecule has 11 nitrogen and oxygen atoms in total. The summed E-state index contributed by atoms with van der Waals surface area (Å²) in [6.07, 6.45) is 1.83. The number of ether oxygens (including phenoxy) is 1. The van der Waals surface area contributed by atoms with Crippen LogP contribution in [0.25, 0.3) is 16.7 Å². The van der Waals surface area contributed by atoms with Gasteiger partial charge in [-0.15, -0.1) is 0 Å². The van der Waals surface area contributed by atoms with Crippen molar-refractivity contribution in [2.45, 2.75) is 24.0 Å². The number of carbonyl (C=O) groups excluding carboxylic acids is 1. The van der Waals surface area contributed by atoms with Gasteiger partial charge in [0, 0.05) is 30.7 Å². The van der Waals surface area contributed by atoms with Gasteiger partial charge in [-0.3, -0.25) is 9.69 Å². The summed E-state index contributed by atoms with van der Waals surface area (Å²) in [5, 5.41) is 5.56. The van der Waals surface area contributed by atoms with E-state index in [1.807, 2.05) is 35.0 Å². The van der Waals surface area contributed by atoms with Gasteiger partial charge >= 0.3 is 0 Å². The second kappa shape index (κ2) is 11.0. The van der Waals surface area contributed by atoms with Crippen LogP contribution in [-0.2, 0) is 19.4 Å². The number of carbonyl (C=O) groups is 1. The molecule has 4 N–H and O–H groups in total. The number of anilines is 4. The largest absolute Gasteiger partial charge is 0.379 e. The first kappa shape index (κ1) is 26.6. The van der Waals surface area contributed by atoms with Crippen molar-refractivity contribution in [1.82, 2.24) is 19.4 Å². The third-order valence-electron chi connectivity index (χ3n) is 6.50. The van der Waals surface area contributed by atoms with E-state index in [4.69, 9.17) is 10.5 Å². The quantitative estimate of drug-likeness (QED) is 0.302. The fourth-order valence-electron chi connectivity index (χ4n) is 4.46. The average Bonchev–Trinajstić information content (AvgIpc) is 3.33. The normalized spacial score (nSPS) is 14.5. The third-order valence-corrected chi connectivity index (χ3v) is 8.71. The zero-order chi connectivity index (χ0) is 27.6. The van der Waals surface area contributed by atoms with Crippen LogP contribution in [0.5, 0.6) is 0 Å². The van der Waals surface area contributed by atoms with Crippen LogP contribution in [0.2, 0.25) is 0 Å². The molecule has 4 aromatic rings. The van der Waals surface area contributed by atoms with Crippen molar-refractivity contribution in [1.29, 1.82) is 0 Å². The molecule has 0 atom stereocenters. The van der Waals surface area contributed by atoms with Crippen molar-refractivity contribution in [3.8, 4) is 5.69 Å². The number of nitrogens with two attached hydrogens (primary N) is 1. The van der Waals surface area contributed by atoms with Gasteiger partial charge in [-0.05, 0) is 50.2 Å². The van der Waals surface area contributed by atoms with Gasteiger partial charge in [0.05, 0.1) is 41.1 Å². The fraction of sp³-hybridized carbons (Fsp3) is 0.296. The molecule has 2 aromatic carbocycles. The number of nitrogens with one attached hydrogen (secondary N) is 2. The van der Waals surface area contributed by atoms with Crippen molar-refractivity contribution in [3.05, 3.63) is 60.8 Å². The lowest BCUT2D eigenvalue weighted by Crippen LogP contribution is -2.41. The van der Waals surface area contributed by atoms with Crippen molar-refractivity contribution in [2.75, 3.05) is 49.2 Å². The summed E-state index contributed by atoms with van der Waals surface area (Å²) in [5.41, 5.74) is 8.99. The van der Waals surface area contributed by atoms with E-state index >= 15 is 0 Å². The van der Waals surface area contributed by atoms with E-state index in [1.54, 1.807) is 44.2 Å². The minimum atomic E-state index is -3.56. The number of nitrogens with zero attached hydrogens (tertiary/aromatic N) is 4. The van der Waals surface area contributed by atoms with Gasteiger partial charge in [0.25, 0.3) is 0 Å². The Morgan fingerprint density at radius 3 is 2.62 bits per heavy atom. The highest BCUT2D eigenvalue weighted by molar-refractivity contribution is 7.92. The molecule has 1 aliphatic heterocycles. The number of hydrogen-bond acceptors (Lipinski definition) is 9. The molecule has 2 aromatic heterocycles. The Balaban J connectivity index is 1.48. The third kappa shape index (κ3) is 5.72. The number of para-hydroxylation sites is 1. The molecule has 0 aliphatic carbocycles. The lowest BCUT2D eigenvalue weighted by Gasteiger charge is -2.25. The molecule has 1 saturated heterocycles. The average molecular weight is 550 g/mol. The number of aromatic nitrogens is 3. The molecule has 0 radical (unpaired) electrons. The molecule has 0 unspecified atom stereocenters. The summed E-state index contributed by atoms with van der Waals surface area (Å²) in [6, 6.07) is 15.9. The van der Waals surface area contributed by atoms with Gasteiger partial charge in [0.15, 0.2) is 15.7 Å². The molecule has 5 rings (SSSR count). The van der Waals surface area contributed by atoms with Crippen LogP contribution in [0, 0.1) is 0 Å². The first-order valence-electron chi connectivity index (χ1n) is 12.7. The van der Waals surface area contributed by atoms with Crippen LogP contribution in [0.3, 0.4) is 0 Å². The predicted octanol–water partition coefficient (Wildman–Crippen LogP) is 3.20. The van der Waals surface area contributed by atoms with Crippen LogP contribution in [0.15, 0.2) is 65.7 Å². The SMILES string of the molecule is CC(C)S(=O)(=O)c1ccccc1Nc1nc(N)nc2ccn(-c3cccc(NC(=O)CN4CCOCC4)c3)c12. The number of rotatable bonds is 8. The summed E-state index contributed by atoms with van der Waals surface area (Å²) in [4.78, 5) is 23.7. The van der Waals surface area contributed by atoms with Gasteiger partial charge in [-0.1, -0.05) is 18.2 Å². The summed E-state index contributed by atoms with van der Waals surface area (Å²) in [5.74, 6) is 0.305. The molecule has 1 aliphatic rings.